The van der Waals surface area contributed by atoms with Gasteiger partial charge >= 0.3 is 0 Å². The Bertz CT molecular complexity index is 363. The number of hydrogen-bond donors (Lipinski definition) is 0. The molecular weight excluding hydrogens is 230 g/mol. The summed E-state index contributed by atoms with van der Waals surface area (Å²) in [4.78, 5) is 4.67. The molecule has 0 aromatic heterocycles. The first-order chi connectivity index (χ1) is 8.86. The summed E-state index contributed by atoms with van der Waals surface area (Å²) in [5.74, 6) is 0.855. The number of nitrogens with zero attached hydrogens (tertiary/aromatic N) is 1. The second-order valence-corrected chi connectivity index (χ2v) is 3.49. The molecular formula is C14H19NO3. The number of oxime groups is 1. The Kier molecular flexibility index (Phi) is 7.32. The van der Waals surface area contributed by atoms with Crippen LogP contribution in [0.4, 0.5) is 0 Å². The molecule has 18 heavy (non-hydrogen) atoms. The molecule has 0 aliphatic rings. The van der Waals surface area contributed by atoms with E-state index >= 15 is 0 Å². The van der Waals surface area contributed by atoms with Crippen LogP contribution >= 0.6 is 0 Å². The number of ether oxygens (including phenoxy) is 2. The van der Waals surface area contributed by atoms with Gasteiger partial charge in [-0.15, -0.1) is 0 Å². The summed E-state index contributed by atoms with van der Waals surface area (Å²) in [6, 6.07) is 9.67. The van der Waals surface area contributed by atoms with Gasteiger partial charge in [0.2, 0.25) is 0 Å². The molecule has 0 amide bonds. The molecule has 0 heterocycles. The van der Waals surface area contributed by atoms with Crippen molar-refractivity contribution in [3.8, 4) is 5.75 Å². The van der Waals surface area contributed by atoms with Gasteiger partial charge in [-0.3, -0.25) is 0 Å². The minimum absolute atomic E-state index is 0.537. The summed E-state index contributed by atoms with van der Waals surface area (Å²) >= 11 is 0. The van der Waals surface area contributed by atoms with E-state index in [2.05, 4.69) is 16.6 Å². The van der Waals surface area contributed by atoms with Crippen molar-refractivity contribution in [3.63, 3.8) is 0 Å². The molecule has 0 spiro atoms. The molecule has 0 radical (unpaired) electrons. The topological polar surface area (TPSA) is 40.0 Å². The molecule has 4 heteroatoms. The largest absolute Gasteiger partial charge is 0.491 e. The van der Waals surface area contributed by atoms with Crippen molar-refractivity contribution >= 4 is 5.71 Å². The molecule has 0 bridgehead atoms. The highest BCUT2D eigenvalue weighted by molar-refractivity contribution is 5.94. The summed E-state index contributed by atoms with van der Waals surface area (Å²) < 4.78 is 10.9. The van der Waals surface area contributed by atoms with Crippen molar-refractivity contribution in [2.45, 2.75) is 6.42 Å². The molecule has 0 N–H and O–H groups in total. The molecule has 0 atom stereocenters. The molecule has 4 nitrogen and oxygen atoms in total. The Balaban J connectivity index is 2.05. The smallest absolute Gasteiger partial charge is 0.119 e. The SMILES string of the molecule is C=C/C(CCOCCOc1ccccc1)=N\OC. The third-order valence-corrected chi connectivity index (χ3v) is 2.19. The van der Waals surface area contributed by atoms with Crippen LogP contribution < -0.4 is 4.74 Å². The van der Waals surface area contributed by atoms with Gasteiger partial charge in [0.25, 0.3) is 0 Å². The van der Waals surface area contributed by atoms with Crippen LogP contribution in [0.5, 0.6) is 5.75 Å². The van der Waals surface area contributed by atoms with Crippen LogP contribution in [0.15, 0.2) is 48.1 Å². The van der Waals surface area contributed by atoms with E-state index in [0.29, 0.717) is 26.2 Å². The van der Waals surface area contributed by atoms with Crippen LogP contribution in [0.1, 0.15) is 6.42 Å². The normalized spacial score (nSPS) is 11.1. The zero-order valence-electron chi connectivity index (χ0n) is 10.7. The lowest BCUT2D eigenvalue weighted by atomic mass is 10.3. The van der Waals surface area contributed by atoms with Gasteiger partial charge in [0.05, 0.1) is 18.9 Å². The standard InChI is InChI=1S/C14H19NO3/c1-3-13(15-16-2)9-10-17-11-12-18-14-7-5-4-6-8-14/h3-8H,1,9-12H2,2H3/b15-13+. The summed E-state index contributed by atoms with van der Waals surface area (Å²) in [5.41, 5.74) is 0.779. The van der Waals surface area contributed by atoms with Gasteiger partial charge in [-0.05, 0) is 18.2 Å². The highest BCUT2D eigenvalue weighted by Gasteiger charge is 1.96. The quantitative estimate of drug-likeness (QED) is 0.384. The molecule has 1 aromatic rings. The number of benzene rings is 1. The van der Waals surface area contributed by atoms with Gasteiger partial charge in [-0.25, -0.2) is 0 Å². The second kappa shape index (κ2) is 9.24. The first-order valence-corrected chi connectivity index (χ1v) is 5.85. The fourth-order valence-electron chi connectivity index (χ4n) is 1.32. The lowest BCUT2D eigenvalue weighted by Gasteiger charge is -2.06. The van der Waals surface area contributed by atoms with E-state index in [4.69, 9.17) is 9.47 Å². The van der Waals surface area contributed by atoms with Crippen molar-refractivity contribution in [1.29, 1.82) is 0 Å². The van der Waals surface area contributed by atoms with Crippen molar-refractivity contribution < 1.29 is 14.3 Å². The zero-order valence-corrected chi connectivity index (χ0v) is 10.7. The average Bonchev–Trinajstić information content (AvgIpc) is 2.42. The van der Waals surface area contributed by atoms with Gasteiger partial charge in [-0.2, -0.15) is 0 Å². The first-order valence-electron chi connectivity index (χ1n) is 5.85. The predicted molar refractivity (Wildman–Crippen MR) is 72.0 cm³/mol. The molecule has 1 aromatic carbocycles. The van der Waals surface area contributed by atoms with E-state index < -0.39 is 0 Å². The maximum Gasteiger partial charge on any atom is 0.119 e. The highest BCUT2D eigenvalue weighted by atomic mass is 16.6. The van der Waals surface area contributed by atoms with E-state index in [1.807, 2.05) is 30.3 Å². The Morgan fingerprint density at radius 2 is 2.00 bits per heavy atom. The van der Waals surface area contributed by atoms with Crippen LogP contribution in [-0.4, -0.2) is 32.6 Å². The maximum absolute atomic E-state index is 5.49. The van der Waals surface area contributed by atoms with Crippen LogP contribution in [0.25, 0.3) is 0 Å². The van der Waals surface area contributed by atoms with Gasteiger partial charge < -0.3 is 14.3 Å². The summed E-state index contributed by atoms with van der Waals surface area (Å²) in [6.45, 7) is 5.30. The van der Waals surface area contributed by atoms with E-state index in [-0.39, 0.29) is 0 Å². The summed E-state index contributed by atoms with van der Waals surface area (Å²) in [5, 5.41) is 3.80. The Hall–Kier alpha value is -1.81. The van der Waals surface area contributed by atoms with Crippen LogP contribution in [0, 0.1) is 0 Å². The van der Waals surface area contributed by atoms with Crippen LogP contribution in [0.3, 0.4) is 0 Å². The van der Waals surface area contributed by atoms with Crippen molar-refractivity contribution in [3.05, 3.63) is 43.0 Å². The van der Waals surface area contributed by atoms with Gasteiger partial charge in [0.15, 0.2) is 0 Å². The molecule has 0 unspecified atom stereocenters. The second-order valence-electron chi connectivity index (χ2n) is 3.49. The Labute approximate surface area is 108 Å². The molecule has 0 fully saturated rings. The van der Waals surface area contributed by atoms with E-state index in [1.165, 1.54) is 7.11 Å². The van der Waals surface area contributed by atoms with Gasteiger partial charge in [-0.1, -0.05) is 29.9 Å². The van der Waals surface area contributed by atoms with E-state index in [9.17, 15) is 0 Å². The van der Waals surface area contributed by atoms with E-state index in [0.717, 1.165) is 11.5 Å². The molecule has 0 aliphatic carbocycles. The van der Waals surface area contributed by atoms with Crippen molar-refractivity contribution in [2.75, 3.05) is 26.9 Å². The highest BCUT2D eigenvalue weighted by Crippen LogP contribution is 2.07. The fourth-order valence-corrected chi connectivity index (χ4v) is 1.32. The average molecular weight is 249 g/mol. The van der Waals surface area contributed by atoms with Gasteiger partial charge in [0.1, 0.15) is 19.5 Å². The maximum atomic E-state index is 5.49. The molecule has 0 saturated heterocycles. The first kappa shape index (κ1) is 14.3. The predicted octanol–water partition coefficient (Wildman–Crippen LogP) is 2.66. The van der Waals surface area contributed by atoms with Crippen LogP contribution in [-0.2, 0) is 9.57 Å². The monoisotopic (exact) mass is 249 g/mol. The van der Waals surface area contributed by atoms with Crippen LogP contribution in [0.2, 0.25) is 0 Å². The zero-order chi connectivity index (χ0) is 13.1. The van der Waals surface area contributed by atoms with Crippen molar-refractivity contribution in [2.24, 2.45) is 5.16 Å². The lowest BCUT2D eigenvalue weighted by Crippen LogP contribution is -2.09. The van der Waals surface area contributed by atoms with Crippen molar-refractivity contribution in [1.82, 2.24) is 0 Å². The fraction of sp³-hybridized carbons (Fsp3) is 0.357. The number of hydrogen-bond acceptors (Lipinski definition) is 4. The number of rotatable bonds is 9. The summed E-state index contributed by atoms with van der Waals surface area (Å²) in [7, 11) is 1.51. The lowest BCUT2D eigenvalue weighted by molar-refractivity contribution is 0.105. The minimum atomic E-state index is 0.537. The molecule has 1 rings (SSSR count). The number of allylic oxidation sites excluding steroid dienone is 1. The third kappa shape index (κ3) is 6.06. The Morgan fingerprint density at radius 3 is 2.67 bits per heavy atom. The molecule has 0 aliphatic heterocycles. The molecule has 0 saturated carbocycles. The molecule has 98 valence electrons. The summed E-state index contributed by atoms with van der Waals surface area (Å²) in [6.07, 6.45) is 2.34. The van der Waals surface area contributed by atoms with E-state index in [1.54, 1.807) is 6.08 Å². The Morgan fingerprint density at radius 1 is 1.22 bits per heavy atom. The van der Waals surface area contributed by atoms with Gasteiger partial charge in [0, 0.05) is 6.42 Å². The number of para-hydroxylation sites is 1. The minimum Gasteiger partial charge on any atom is -0.491 e. The third-order valence-electron chi connectivity index (χ3n) is 2.19.